The normalized spacial score (nSPS) is 30.9. The van der Waals surface area contributed by atoms with Gasteiger partial charge in [0.05, 0.1) is 18.8 Å². The van der Waals surface area contributed by atoms with Crippen LogP contribution in [0.15, 0.2) is 0 Å². The monoisotopic (exact) mass is 184 g/mol. The highest BCUT2D eigenvalue weighted by molar-refractivity contribution is 4.84. The number of hydrazine groups is 1. The minimum absolute atomic E-state index is 0.197. The summed E-state index contributed by atoms with van der Waals surface area (Å²) in [6.07, 6.45) is 2.71. The maximum absolute atomic E-state index is 5.51. The maximum Gasteiger partial charge on any atom is 0.0659 e. The molecule has 0 atom stereocenters. The summed E-state index contributed by atoms with van der Waals surface area (Å²) < 4.78 is 5.51. The Morgan fingerprint density at radius 1 is 1.08 bits per heavy atom. The molecule has 0 aromatic rings. The molecule has 0 aromatic carbocycles. The van der Waals surface area contributed by atoms with E-state index in [2.05, 4.69) is 23.9 Å². The number of ether oxygens (including phenoxy) is 1. The summed E-state index contributed by atoms with van der Waals surface area (Å²) in [5, 5.41) is 5.01. The van der Waals surface area contributed by atoms with Gasteiger partial charge in [-0.2, -0.15) is 0 Å². The number of nitrogens with zero attached hydrogens (tertiary/aromatic N) is 2. The van der Waals surface area contributed by atoms with E-state index in [9.17, 15) is 0 Å². The third-order valence-corrected chi connectivity index (χ3v) is 3.03. The Balaban J connectivity index is 2.02. The van der Waals surface area contributed by atoms with Crippen molar-refractivity contribution in [3.63, 3.8) is 0 Å². The summed E-state index contributed by atoms with van der Waals surface area (Å²) >= 11 is 0. The van der Waals surface area contributed by atoms with Gasteiger partial charge in [-0.3, -0.25) is 0 Å². The van der Waals surface area contributed by atoms with E-state index in [1.54, 1.807) is 0 Å². The predicted molar refractivity (Wildman–Crippen MR) is 52.4 cm³/mol. The van der Waals surface area contributed by atoms with Crippen molar-refractivity contribution in [3.05, 3.63) is 0 Å². The molecule has 3 nitrogen and oxygen atoms in total. The lowest BCUT2D eigenvalue weighted by atomic mass is 10.1. The van der Waals surface area contributed by atoms with Gasteiger partial charge in [0.2, 0.25) is 0 Å². The van der Waals surface area contributed by atoms with Crippen LogP contribution in [0.4, 0.5) is 0 Å². The molecule has 0 radical (unpaired) electrons. The van der Waals surface area contributed by atoms with Crippen molar-refractivity contribution < 1.29 is 4.74 Å². The molecule has 0 aromatic heterocycles. The van der Waals surface area contributed by atoms with Gasteiger partial charge in [-0.25, -0.2) is 10.0 Å². The molecule has 2 aliphatic heterocycles. The highest BCUT2D eigenvalue weighted by Crippen LogP contribution is 2.24. The van der Waals surface area contributed by atoms with Gasteiger partial charge in [0.15, 0.2) is 0 Å². The van der Waals surface area contributed by atoms with Crippen LogP contribution in [0.2, 0.25) is 0 Å². The van der Waals surface area contributed by atoms with E-state index < -0.39 is 0 Å². The van der Waals surface area contributed by atoms with E-state index in [1.165, 1.54) is 25.9 Å². The second-order valence-electron chi connectivity index (χ2n) is 4.65. The smallest absolute Gasteiger partial charge is 0.0659 e. The lowest BCUT2D eigenvalue weighted by Crippen LogP contribution is -2.59. The minimum atomic E-state index is 0.197. The van der Waals surface area contributed by atoms with Crippen molar-refractivity contribution >= 4 is 0 Å². The van der Waals surface area contributed by atoms with Crippen molar-refractivity contribution in [1.29, 1.82) is 0 Å². The number of rotatable bonds is 1. The first-order valence-corrected chi connectivity index (χ1v) is 5.30. The van der Waals surface area contributed by atoms with Crippen LogP contribution in [0.25, 0.3) is 0 Å². The molecule has 0 aliphatic carbocycles. The van der Waals surface area contributed by atoms with Crippen LogP contribution in [0.1, 0.15) is 26.7 Å². The summed E-state index contributed by atoms with van der Waals surface area (Å²) in [7, 11) is 0. The molecule has 76 valence electrons. The molecule has 2 rings (SSSR count). The van der Waals surface area contributed by atoms with Crippen LogP contribution in [-0.2, 0) is 4.74 Å². The van der Waals surface area contributed by atoms with Crippen LogP contribution < -0.4 is 0 Å². The molecule has 0 amide bonds. The van der Waals surface area contributed by atoms with Crippen molar-refractivity contribution in [2.75, 3.05) is 32.8 Å². The number of morpholine rings is 1. The molecule has 2 saturated heterocycles. The van der Waals surface area contributed by atoms with E-state index >= 15 is 0 Å². The number of hydrogen-bond donors (Lipinski definition) is 0. The van der Waals surface area contributed by atoms with E-state index in [1.807, 2.05) is 0 Å². The standard InChI is InChI=1S/C10H20N2O/c1-10(2)9-13-8-7-12(10)11-5-3-4-6-11/h3-9H2,1-2H3. The molecule has 2 fully saturated rings. The average molecular weight is 184 g/mol. The van der Waals surface area contributed by atoms with Crippen LogP contribution in [0.3, 0.4) is 0 Å². The molecule has 3 heteroatoms. The Hall–Kier alpha value is -0.120. The second kappa shape index (κ2) is 3.56. The summed E-state index contributed by atoms with van der Waals surface area (Å²) in [5.74, 6) is 0. The van der Waals surface area contributed by atoms with Crippen molar-refractivity contribution in [2.45, 2.75) is 32.2 Å². The maximum atomic E-state index is 5.51. The summed E-state index contributed by atoms with van der Waals surface area (Å²) in [6.45, 7) is 9.83. The van der Waals surface area contributed by atoms with Gasteiger partial charge in [0.25, 0.3) is 0 Å². The average Bonchev–Trinajstić information content (AvgIpc) is 2.55. The first-order chi connectivity index (χ1) is 6.20. The van der Waals surface area contributed by atoms with Crippen LogP contribution in [0, 0.1) is 0 Å². The van der Waals surface area contributed by atoms with Crippen LogP contribution in [0.5, 0.6) is 0 Å². The van der Waals surface area contributed by atoms with E-state index in [0.29, 0.717) is 0 Å². The molecule has 0 saturated carbocycles. The zero-order chi connectivity index (χ0) is 9.31. The molecule has 2 aliphatic rings. The zero-order valence-electron chi connectivity index (χ0n) is 8.75. The highest BCUT2D eigenvalue weighted by Gasteiger charge is 2.35. The summed E-state index contributed by atoms with van der Waals surface area (Å²) in [5.41, 5.74) is 0.197. The fourth-order valence-corrected chi connectivity index (χ4v) is 2.32. The number of hydrogen-bond acceptors (Lipinski definition) is 3. The minimum Gasteiger partial charge on any atom is -0.378 e. The molecule has 0 bridgehead atoms. The van der Waals surface area contributed by atoms with Crippen molar-refractivity contribution in [3.8, 4) is 0 Å². The van der Waals surface area contributed by atoms with Gasteiger partial charge in [-0.05, 0) is 26.7 Å². The Bertz CT molecular complexity index is 176. The lowest BCUT2D eigenvalue weighted by molar-refractivity contribution is -0.155. The summed E-state index contributed by atoms with van der Waals surface area (Å²) in [6, 6.07) is 0. The molecule has 2 heterocycles. The zero-order valence-corrected chi connectivity index (χ0v) is 8.75. The first kappa shape index (κ1) is 9.44. The summed E-state index contributed by atoms with van der Waals surface area (Å²) in [4.78, 5) is 0. The Morgan fingerprint density at radius 2 is 1.77 bits per heavy atom. The third-order valence-electron chi connectivity index (χ3n) is 3.03. The van der Waals surface area contributed by atoms with Gasteiger partial charge in [-0.15, -0.1) is 0 Å². The van der Waals surface area contributed by atoms with Crippen LogP contribution in [-0.4, -0.2) is 48.4 Å². The van der Waals surface area contributed by atoms with Gasteiger partial charge < -0.3 is 4.74 Å². The van der Waals surface area contributed by atoms with E-state index in [4.69, 9.17) is 4.74 Å². The Kier molecular flexibility index (Phi) is 2.58. The fraction of sp³-hybridized carbons (Fsp3) is 1.00. The van der Waals surface area contributed by atoms with Gasteiger partial charge in [0, 0.05) is 19.6 Å². The van der Waals surface area contributed by atoms with E-state index in [-0.39, 0.29) is 5.54 Å². The molecule has 0 spiro atoms. The molecule has 0 N–H and O–H groups in total. The lowest BCUT2D eigenvalue weighted by Gasteiger charge is -2.46. The quantitative estimate of drug-likeness (QED) is 0.607. The fourth-order valence-electron chi connectivity index (χ4n) is 2.32. The van der Waals surface area contributed by atoms with Crippen LogP contribution >= 0.6 is 0 Å². The molecular weight excluding hydrogens is 164 g/mol. The van der Waals surface area contributed by atoms with Crippen molar-refractivity contribution in [1.82, 2.24) is 10.0 Å². The molecule has 0 unspecified atom stereocenters. The van der Waals surface area contributed by atoms with Crippen molar-refractivity contribution in [2.24, 2.45) is 0 Å². The first-order valence-electron chi connectivity index (χ1n) is 5.30. The SMILES string of the molecule is CC1(C)COCCN1N1CCCC1. The van der Waals surface area contributed by atoms with Gasteiger partial charge in [-0.1, -0.05) is 0 Å². The largest absolute Gasteiger partial charge is 0.378 e. The Labute approximate surface area is 80.6 Å². The third kappa shape index (κ3) is 1.87. The molecule has 13 heavy (non-hydrogen) atoms. The Morgan fingerprint density at radius 3 is 2.38 bits per heavy atom. The van der Waals surface area contributed by atoms with Gasteiger partial charge >= 0.3 is 0 Å². The van der Waals surface area contributed by atoms with E-state index in [0.717, 1.165) is 19.8 Å². The predicted octanol–water partition coefficient (Wildman–Crippen LogP) is 1.11. The highest BCUT2D eigenvalue weighted by atomic mass is 16.5. The topological polar surface area (TPSA) is 15.7 Å². The molecular formula is C10H20N2O. The van der Waals surface area contributed by atoms with Gasteiger partial charge in [0.1, 0.15) is 0 Å². The second-order valence-corrected chi connectivity index (χ2v) is 4.65.